The molecule has 0 aliphatic carbocycles. The molecule has 6 nitrogen and oxygen atoms in total. The fourth-order valence-electron chi connectivity index (χ4n) is 3.14. The molecule has 0 bridgehead atoms. The molecule has 1 heterocycles. The zero-order chi connectivity index (χ0) is 23.8. The van der Waals surface area contributed by atoms with Gasteiger partial charge in [-0.15, -0.1) is 11.3 Å². The summed E-state index contributed by atoms with van der Waals surface area (Å²) < 4.78 is 76.0. The van der Waals surface area contributed by atoms with Gasteiger partial charge in [-0.2, -0.15) is 0 Å². The van der Waals surface area contributed by atoms with Gasteiger partial charge in [0.1, 0.15) is 11.6 Å². The summed E-state index contributed by atoms with van der Waals surface area (Å²) in [5.41, 5.74) is 1.54. The van der Waals surface area contributed by atoms with Crippen LogP contribution in [0.3, 0.4) is 0 Å². The Hall–Kier alpha value is -2.99. The Kier molecular flexibility index (Phi) is 6.14. The Labute approximate surface area is 193 Å². The van der Waals surface area contributed by atoms with Crippen molar-refractivity contribution in [3.63, 3.8) is 0 Å². The van der Waals surface area contributed by atoms with E-state index in [1.165, 1.54) is 66.7 Å². The monoisotopic (exact) mass is 506 g/mol. The van der Waals surface area contributed by atoms with Crippen molar-refractivity contribution in [3.05, 3.63) is 90.0 Å². The third-order valence-corrected chi connectivity index (χ3v) is 8.86. The maximum Gasteiger partial charge on any atom is 0.238 e. The molecule has 0 radical (unpaired) electrons. The zero-order valence-electron chi connectivity index (χ0n) is 16.8. The Morgan fingerprint density at radius 2 is 1.45 bits per heavy atom. The Bertz CT molecular complexity index is 1530. The van der Waals surface area contributed by atoms with Crippen LogP contribution in [0.25, 0.3) is 21.7 Å². The van der Waals surface area contributed by atoms with Gasteiger partial charge in [-0.1, -0.05) is 36.4 Å². The van der Waals surface area contributed by atoms with Crippen LogP contribution in [-0.4, -0.2) is 21.8 Å². The van der Waals surface area contributed by atoms with Gasteiger partial charge in [0.15, 0.2) is 0 Å². The van der Waals surface area contributed by atoms with E-state index >= 15 is 0 Å². The normalized spacial score (nSPS) is 12.1. The SMILES string of the molecule is NS(=O)(=O)c1ccc(-c2nc(S(=O)(=O)Cc3cccc(F)c3)sc2-c2ccc(F)cc2)cc1. The van der Waals surface area contributed by atoms with Gasteiger partial charge >= 0.3 is 0 Å². The molecular weight excluding hydrogens is 490 g/mol. The van der Waals surface area contributed by atoms with Crippen LogP contribution < -0.4 is 5.14 Å². The number of primary sulfonamides is 1. The Balaban J connectivity index is 1.82. The summed E-state index contributed by atoms with van der Waals surface area (Å²) >= 11 is 0.895. The van der Waals surface area contributed by atoms with Crippen LogP contribution in [0.1, 0.15) is 5.56 Å². The third-order valence-electron chi connectivity index (χ3n) is 4.68. The first-order valence-corrected chi connectivity index (χ1v) is 13.4. The largest absolute Gasteiger partial charge is 0.238 e. The molecule has 170 valence electrons. The van der Waals surface area contributed by atoms with Crippen LogP contribution >= 0.6 is 11.3 Å². The Morgan fingerprint density at radius 3 is 2.06 bits per heavy atom. The van der Waals surface area contributed by atoms with Gasteiger partial charge in [0.05, 0.1) is 21.2 Å². The molecule has 0 aliphatic rings. The molecule has 0 aliphatic heterocycles. The lowest BCUT2D eigenvalue weighted by Crippen LogP contribution is -2.11. The summed E-state index contributed by atoms with van der Waals surface area (Å²) in [7, 11) is -7.85. The minimum absolute atomic E-state index is 0.108. The van der Waals surface area contributed by atoms with E-state index in [1.54, 1.807) is 0 Å². The van der Waals surface area contributed by atoms with Crippen molar-refractivity contribution in [2.75, 3.05) is 0 Å². The molecule has 0 unspecified atom stereocenters. The van der Waals surface area contributed by atoms with E-state index in [0.717, 1.165) is 17.4 Å². The number of nitrogens with zero attached hydrogens (tertiary/aromatic N) is 1. The third kappa shape index (κ3) is 5.17. The summed E-state index contributed by atoms with van der Waals surface area (Å²) in [4.78, 5) is 4.67. The molecule has 4 aromatic rings. The smallest absolute Gasteiger partial charge is 0.225 e. The van der Waals surface area contributed by atoms with Gasteiger partial charge in [0.25, 0.3) is 0 Å². The summed E-state index contributed by atoms with van der Waals surface area (Å²) in [6.45, 7) is 0. The van der Waals surface area contributed by atoms with Crippen LogP contribution in [0.5, 0.6) is 0 Å². The van der Waals surface area contributed by atoms with Gasteiger partial charge in [-0.05, 0) is 47.5 Å². The zero-order valence-corrected chi connectivity index (χ0v) is 19.2. The van der Waals surface area contributed by atoms with Crippen molar-refractivity contribution in [1.29, 1.82) is 0 Å². The van der Waals surface area contributed by atoms with Crippen molar-refractivity contribution in [1.82, 2.24) is 4.98 Å². The highest BCUT2D eigenvalue weighted by Gasteiger charge is 2.25. The summed E-state index contributed by atoms with van der Waals surface area (Å²) in [6.07, 6.45) is 0. The molecule has 2 N–H and O–H groups in total. The average molecular weight is 507 g/mol. The number of aromatic nitrogens is 1. The number of sulfonamides is 1. The fraction of sp³-hybridized carbons (Fsp3) is 0.0455. The first-order chi connectivity index (χ1) is 15.5. The summed E-state index contributed by atoms with van der Waals surface area (Å²) in [6, 6.07) is 16.3. The number of hydrogen-bond acceptors (Lipinski definition) is 6. The molecule has 33 heavy (non-hydrogen) atoms. The van der Waals surface area contributed by atoms with Crippen molar-refractivity contribution in [2.45, 2.75) is 15.0 Å². The van der Waals surface area contributed by atoms with Crippen LogP contribution in [-0.2, 0) is 25.6 Å². The average Bonchev–Trinajstić information content (AvgIpc) is 3.20. The summed E-state index contributed by atoms with van der Waals surface area (Å²) in [5.74, 6) is -1.46. The molecule has 0 amide bonds. The van der Waals surface area contributed by atoms with Gasteiger partial charge in [0.2, 0.25) is 24.2 Å². The van der Waals surface area contributed by atoms with E-state index in [9.17, 15) is 25.6 Å². The van der Waals surface area contributed by atoms with Gasteiger partial charge in [0, 0.05) is 5.56 Å². The highest BCUT2D eigenvalue weighted by molar-refractivity contribution is 7.92. The van der Waals surface area contributed by atoms with E-state index in [2.05, 4.69) is 4.98 Å². The minimum Gasteiger partial charge on any atom is -0.225 e. The summed E-state index contributed by atoms with van der Waals surface area (Å²) in [5, 5.41) is 5.14. The second-order valence-corrected chi connectivity index (χ2v) is 11.8. The van der Waals surface area contributed by atoms with Crippen molar-refractivity contribution >= 4 is 31.2 Å². The van der Waals surface area contributed by atoms with Gasteiger partial charge in [-0.25, -0.2) is 35.7 Å². The predicted molar refractivity (Wildman–Crippen MR) is 122 cm³/mol. The standard InChI is InChI=1S/C22H16F2N2O4S3/c23-17-8-4-16(5-9-17)21-20(15-6-10-19(11-7-15)33(25,29)30)26-22(31-21)32(27,28)13-14-2-1-3-18(24)12-14/h1-12H,13H2,(H2,25,29,30). The van der Waals surface area contributed by atoms with Crippen LogP contribution in [0.4, 0.5) is 8.78 Å². The number of thiazole rings is 1. The van der Waals surface area contributed by atoms with Crippen molar-refractivity contribution < 1.29 is 25.6 Å². The maximum absolute atomic E-state index is 13.5. The van der Waals surface area contributed by atoms with E-state index in [1.807, 2.05) is 0 Å². The minimum atomic E-state index is -3.94. The van der Waals surface area contributed by atoms with Crippen molar-refractivity contribution in [3.8, 4) is 21.7 Å². The highest BCUT2D eigenvalue weighted by atomic mass is 32.2. The first kappa shape index (κ1) is 23.2. The molecule has 0 saturated heterocycles. The fourth-order valence-corrected chi connectivity index (χ4v) is 6.38. The van der Waals surface area contributed by atoms with E-state index in [4.69, 9.17) is 5.14 Å². The molecule has 0 fully saturated rings. The number of halogens is 2. The van der Waals surface area contributed by atoms with Gasteiger partial charge in [-0.3, -0.25) is 0 Å². The number of nitrogens with two attached hydrogens (primary N) is 1. The second-order valence-electron chi connectivity index (χ2n) is 7.12. The molecule has 0 saturated carbocycles. The molecule has 0 spiro atoms. The predicted octanol–water partition coefficient (Wildman–Crippen LogP) is 4.38. The van der Waals surface area contributed by atoms with Crippen molar-refractivity contribution in [2.24, 2.45) is 5.14 Å². The molecule has 4 rings (SSSR count). The van der Waals surface area contributed by atoms with Crippen LogP contribution in [0.2, 0.25) is 0 Å². The Morgan fingerprint density at radius 1 is 0.818 bits per heavy atom. The highest BCUT2D eigenvalue weighted by Crippen LogP contribution is 2.39. The molecule has 0 atom stereocenters. The molecule has 1 aromatic heterocycles. The first-order valence-electron chi connectivity index (χ1n) is 9.40. The molecular formula is C22H16F2N2O4S3. The maximum atomic E-state index is 13.5. The van der Waals surface area contributed by atoms with E-state index < -0.39 is 37.2 Å². The second kappa shape index (κ2) is 8.75. The quantitative estimate of drug-likeness (QED) is 0.418. The van der Waals surface area contributed by atoms with Crippen LogP contribution in [0.15, 0.2) is 82.0 Å². The lowest BCUT2D eigenvalue weighted by Gasteiger charge is -2.04. The number of hydrogen-bond donors (Lipinski definition) is 1. The van der Waals surface area contributed by atoms with Gasteiger partial charge < -0.3 is 0 Å². The number of benzene rings is 3. The molecule has 11 heteroatoms. The number of sulfone groups is 1. The topological polar surface area (TPSA) is 107 Å². The van der Waals surface area contributed by atoms with Crippen LogP contribution in [0, 0.1) is 11.6 Å². The van der Waals surface area contributed by atoms with E-state index in [0.29, 0.717) is 16.0 Å². The number of rotatable bonds is 6. The molecule has 3 aromatic carbocycles. The lowest BCUT2D eigenvalue weighted by molar-refractivity contribution is 0.593. The van der Waals surface area contributed by atoms with E-state index in [-0.39, 0.29) is 20.5 Å². The lowest BCUT2D eigenvalue weighted by atomic mass is 10.1.